The highest BCUT2D eigenvalue weighted by molar-refractivity contribution is 5.68. The van der Waals surface area contributed by atoms with Crippen LogP contribution in [0.25, 0.3) is 0 Å². The number of nitrogens with two attached hydrogens (primary N) is 1. The minimum Gasteiger partial charge on any atom is -0.397 e. The third kappa shape index (κ3) is 5.07. The number of rotatable bonds is 7. The van der Waals surface area contributed by atoms with Crippen molar-refractivity contribution in [2.24, 2.45) is 5.92 Å². The Kier molecular flexibility index (Phi) is 6.03. The second kappa shape index (κ2) is 7.57. The summed E-state index contributed by atoms with van der Waals surface area (Å²) in [7, 11) is 0. The van der Waals surface area contributed by atoms with Gasteiger partial charge >= 0.3 is 0 Å². The van der Waals surface area contributed by atoms with Gasteiger partial charge in [-0.2, -0.15) is 5.26 Å². The van der Waals surface area contributed by atoms with Crippen LogP contribution in [0.1, 0.15) is 25.8 Å². The van der Waals surface area contributed by atoms with E-state index in [1.807, 2.05) is 6.07 Å². The molecule has 0 fully saturated rings. The van der Waals surface area contributed by atoms with Crippen molar-refractivity contribution >= 4 is 11.4 Å². The van der Waals surface area contributed by atoms with Crippen LogP contribution in [0.5, 0.6) is 0 Å². The van der Waals surface area contributed by atoms with Crippen molar-refractivity contribution in [2.75, 3.05) is 30.8 Å². The largest absolute Gasteiger partial charge is 0.397 e. The molecule has 0 atom stereocenters. The van der Waals surface area contributed by atoms with Crippen molar-refractivity contribution in [3.63, 3.8) is 0 Å². The first kappa shape index (κ1) is 14.3. The molecule has 0 saturated carbocycles. The van der Waals surface area contributed by atoms with Crippen LogP contribution < -0.4 is 11.1 Å². The fraction of sp³-hybridized carbons (Fsp3) is 0.500. The van der Waals surface area contributed by atoms with E-state index in [-0.39, 0.29) is 0 Å². The molecule has 0 aromatic heterocycles. The van der Waals surface area contributed by atoms with E-state index in [0.717, 1.165) is 18.7 Å². The van der Waals surface area contributed by atoms with Crippen molar-refractivity contribution in [3.8, 4) is 6.07 Å². The minimum atomic E-state index is 0.575. The van der Waals surface area contributed by atoms with Gasteiger partial charge in [-0.3, -0.25) is 0 Å². The van der Waals surface area contributed by atoms with Crippen LogP contribution in [0.15, 0.2) is 18.2 Å². The zero-order chi connectivity index (χ0) is 13.4. The van der Waals surface area contributed by atoms with E-state index < -0.39 is 0 Å². The van der Waals surface area contributed by atoms with Crippen LogP contribution in [0.3, 0.4) is 0 Å². The monoisotopic (exact) mass is 247 g/mol. The molecule has 0 radical (unpaired) electrons. The molecule has 0 aliphatic rings. The normalized spacial score (nSPS) is 10.3. The summed E-state index contributed by atoms with van der Waals surface area (Å²) in [6, 6.07) is 7.30. The number of nitrogens with one attached hydrogen (secondary N) is 1. The SMILES string of the molecule is CC(C)CCOCCNc1ccc(C#N)cc1N. The molecule has 0 unspecified atom stereocenters. The molecule has 0 aliphatic heterocycles. The Balaban J connectivity index is 2.25. The number of hydrogen-bond donors (Lipinski definition) is 2. The average Bonchev–Trinajstić information content (AvgIpc) is 2.34. The summed E-state index contributed by atoms with van der Waals surface area (Å²) in [5, 5.41) is 11.9. The van der Waals surface area contributed by atoms with E-state index in [0.29, 0.717) is 30.3 Å². The van der Waals surface area contributed by atoms with Gasteiger partial charge in [0, 0.05) is 13.2 Å². The molecule has 1 aromatic rings. The molecule has 0 amide bonds. The number of nitriles is 1. The Bertz CT molecular complexity index is 410. The van der Waals surface area contributed by atoms with E-state index in [1.165, 1.54) is 0 Å². The van der Waals surface area contributed by atoms with Crippen molar-refractivity contribution < 1.29 is 4.74 Å². The number of hydrogen-bond acceptors (Lipinski definition) is 4. The highest BCUT2D eigenvalue weighted by Gasteiger charge is 2.00. The van der Waals surface area contributed by atoms with Gasteiger partial charge in [0.1, 0.15) is 0 Å². The maximum absolute atomic E-state index is 8.72. The minimum absolute atomic E-state index is 0.575. The van der Waals surface area contributed by atoms with E-state index in [9.17, 15) is 0 Å². The predicted molar refractivity (Wildman–Crippen MR) is 74.3 cm³/mol. The molecule has 0 spiro atoms. The van der Waals surface area contributed by atoms with E-state index in [1.54, 1.807) is 12.1 Å². The fourth-order valence-corrected chi connectivity index (χ4v) is 1.47. The van der Waals surface area contributed by atoms with Gasteiger partial charge in [0.15, 0.2) is 0 Å². The van der Waals surface area contributed by atoms with Crippen molar-refractivity contribution in [2.45, 2.75) is 20.3 Å². The molecule has 0 bridgehead atoms. The van der Waals surface area contributed by atoms with E-state index in [2.05, 4.69) is 25.2 Å². The molecule has 3 N–H and O–H groups in total. The maximum Gasteiger partial charge on any atom is 0.0992 e. The second-order valence-electron chi connectivity index (χ2n) is 4.64. The first-order valence-corrected chi connectivity index (χ1v) is 6.24. The molecular formula is C14H21N3O. The van der Waals surface area contributed by atoms with E-state index >= 15 is 0 Å². The summed E-state index contributed by atoms with van der Waals surface area (Å²) >= 11 is 0. The van der Waals surface area contributed by atoms with Crippen molar-refractivity contribution in [1.29, 1.82) is 5.26 Å². The first-order valence-electron chi connectivity index (χ1n) is 6.24. The van der Waals surface area contributed by atoms with Crippen LogP contribution in [0, 0.1) is 17.2 Å². The third-order valence-corrected chi connectivity index (χ3v) is 2.58. The standard InChI is InChI=1S/C14H21N3O/c1-11(2)5-7-18-8-6-17-14-4-3-12(10-15)9-13(14)16/h3-4,9,11,17H,5-8,16H2,1-2H3. The Hall–Kier alpha value is -1.73. The smallest absolute Gasteiger partial charge is 0.0992 e. The topological polar surface area (TPSA) is 71.1 Å². The Morgan fingerprint density at radius 2 is 2.17 bits per heavy atom. The Labute approximate surface area is 109 Å². The lowest BCUT2D eigenvalue weighted by Gasteiger charge is -2.10. The molecule has 4 heteroatoms. The molecular weight excluding hydrogens is 226 g/mol. The lowest BCUT2D eigenvalue weighted by Crippen LogP contribution is -2.11. The van der Waals surface area contributed by atoms with Crippen LogP contribution in [-0.4, -0.2) is 19.8 Å². The average molecular weight is 247 g/mol. The number of anilines is 2. The second-order valence-corrected chi connectivity index (χ2v) is 4.64. The maximum atomic E-state index is 8.72. The summed E-state index contributed by atoms with van der Waals surface area (Å²) in [6.07, 6.45) is 1.08. The lowest BCUT2D eigenvalue weighted by atomic mass is 10.1. The molecule has 1 aromatic carbocycles. The van der Waals surface area contributed by atoms with Gasteiger partial charge in [-0.25, -0.2) is 0 Å². The summed E-state index contributed by atoms with van der Waals surface area (Å²) < 4.78 is 5.50. The molecule has 0 heterocycles. The first-order chi connectivity index (χ1) is 8.63. The van der Waals surface area contributed by atoms with Gasteiger partial charge in [-0.1, -0.05) is 13.8 Å². The van der Waals surface area contributed by atoms with E-state index in [4.69, 9.17) is 15.7 Å². The van der Waals surface area contributed by atoms with Gasteiger partial charge in [-0.15, -0.1) is 0 Å². The summed E-state index contributed by atoms with van der Waals surface area (Å²) in [6.45, 7) is 6.53. The van der Waals surface area contributed by atoms with Crippen LogP contribution in [0.4, 0.5) is 11.4 Å². The Morgan fingerprint density at radius 3 is 2.78 bits per heavy atom. The summed E-state index contributed by atoms with van der Waals surface area (Å²) in [4.78, 5) is 0. The van der Waals surface area contributed by atoms with Crippen molar-refractivity contribution in [3.05, 3.63) is 23.8 Å². The highest BCUT2D eigenvalue weighted by Crippen LogP contribution is 2.18. The number of nitrogen functional groups attached to an aromatic ring is 1. The quantitative estimate of drug-likeness (QED) is 0.574. The van der Waals surface area contributed by atoms with Gasteiger partial charge in [0.2, 0.25) is 0 Å². The zero-order valence-corrected chi connectivity index (χ0v) is 11.1. The van der Waals surface area contributed by atoms with Gasteiger partial charge in [0.05, 0.1) is 29.6 Å². The predicted octanol–water partition coefficient (Wildman–Crippen LogP) is 2.62. The summed E-state index contributed by atoms with van der Waals surface area (Å²) in [5.41, 5.74) is 7.84. The number of ether oxygens (including phenoxy) is 1. The molecule has 0 aliphatic carbocycles. The highest BCUT2D eigenvalue weighted by atomic mass is 16.5. The van der Waals surface area contributed by atoms with Gasteiger partial charge < -0.3 is 15.8 Å². The number of nitrogens with zero attached hydrogens (tertiary/aromatic N) is 1. The molecule has 4 nitrogen and oxygen atoms in total. The van der Waals surface area contributed by atoms with Crippen molar-refractivity contribution in [1.82, 2.24) is 0 Å². The lowest BCUT2D eigenvalue weighted by molar-refractivity contribution is 0.133. The van der Waals surface area contributed by atoms with Gasteiger partial charge in [0.25, 0.3) is 0 Å². The van der Waals surface area contributed by atoms with Crippen LogP contribution in [-0.2, 0) is 4.74 Å². The van der Waals surface area contributed by atoms with Gasteiger partial charge in [-0.05, 0) is 30.5 Å². The van der Waals surface area contributed by atoms with Crippen LogP contribution >= 0.6 is 0 Å². The molecule has 0 saturated heterocycles. The molecule has 18 heavy (non-hydrogen) atoms. The van der Waals surface area contributed by atoms with Crippen LogP contribution in [0.2, 0.25) is 0 Å². The number of benzene rings is 1. The molecule has 98 valence electrons. The Morgan fingerprint density at radius 1 is 1.39 bits per heavy atom. The zero-order valence-electron chi connectivity index (χ0n) is 11.1. The summed E-state index contributed by atoms with van der Waals surface area (Å²) in [5.74, 6) is 0.673. The molecule has 1 rings (SSSR count). The third-order valence-electron chi connectivity index (χ3n) is 2.58. The fourth-order valence-electron chi connectivity index (χ4n) is 1.47.